The number of carboxylic acid groups (broad SMARTS) is 1. The standard InChI is InChI=1S/C12H15ClN2O3/c1-15-6-7(13)5-10(15)11(16)14-9-4-2-3-8(9)12(17)18/h5-6,8-9H,2-4H2,1H3,(H,14,16)(H,17,18)/t8-,9+/m0/s1. The molecule has 2 N–H and O–H groups in total. The maximum Gasteiger partial charge on any atom is 0.308 e. The van der Waals surface area contributed by atoms with E-state index in [4.69, 9.17) is 16.7 Å². The molecule has 6 heteroatoms. The first-order chi connectivity index (χ1) is 8.49. The van der Waals surface area contributed by atoms with Crippen LogP contribution in [0.1, 0.15) is 29.8 Å². The Labute approximate surface area is 110 Å². The van der Waals surface area contributed by atoms with E-state index in [0.717, 1.165) is 6.42 Å². The molecule has 1 aliphatic rings. The van der Waals surface area contributed by atoms with E-state index in [1.165, 1.54) is 0 Å². The van der Waals surface area contributed by atoms with Crippen molar-refractivity contribution >= 4 is 23.5 Å². The third-order valence-electron chi connectivity index (χ3n) is 3.35. The van der Waals surface area contributed by atoms with E-state index in [1.807, 2.05) is 0 Å². The Kier molecular flexibility index (Phi) is 3.61. The van der Waals surface area contributed by atoms with Crippen molar-refractivity contribution in [3.05, 3.63) is 23.0 Å². The van der Waals surface area contributed by atoms with Gasteiger partial charge >= 0.3 is 5.97 Å². The molecule has 0 saturated heterocycles. The van der Waals surface area contributed by atoms with E-state index in [2.05, 4.69) is 5.32 Å². The van der Waals surface area contributed by atoms with Crippen LogP contribution in [-0.2, 0) is 11.8 Å². The highest BCUT2D eigenvalue weighted by molar-refractivity contribution is 6.31. The molecule has 0 unspecified atom stereocenters. The number of nitrogens with one attached hydrogen (secondary N) is 1. The Morgan fingerprint density at radius 3 is 2.78 bits per heavy atom. The van der Waals surface area contributed by atoms with Crippen LogP contribution in [0.5, 0.6) is 0 Å². The van der Waals surface area contributed by atoms with Crippen molar-refractivity contribution in [1.82, 2.24) is 9.88 Å². The highest BCUT2D eigenvalue weighted by atomic mass is 35.5. The Hall–Kier alpha value is -1.49. The lowest BCUT2D eigenvalue weighted by atomic mass is 10.0. The minimum absolute atomic E-state index is 0.275. The fourth-order valence-electron chi connectivity index (χ4n) is 2.42. The molecule has 2 atom stereocenters. The summed E-state index contributed by atoms with van der Waals surface area (Å²) in [5.74, 6) is -1.60. The van der Waals surface area contributed by atoms with Gasteiger partial charge in [0.15, 0.2) is 0 Å². The SMILES string of the molecule is Cn1cc(Cl)cc1C(=O)N[C@@H]1CCC[C@@H]1C(=O)O. The van der Waals surface area contributed by atoms with Crippen LogP contribution in [0.3, 0.4) is 0 Å². The van der Waals surface area contributed by atoms with E-state index >= 15 is 0 Å². The zero-order valence-corrected chi connectivity index (χ0v) is 10.8. The average Bonchev–Trinajstić information content (AvgIpc) is 2.85. The molecule has 0 bridgehead atoms. The molecule has 2 rings (SSSR count). The number of nitrogens with zero attached hydrogens (tertiary/aromatic N) is 1. The van der Waals surface area contributed by atoms with Gasteiger partial charge in [-0.3, -0.25) is 9.59 Å². The van der Waals surface area contributed by atoms with Gasteiger partial charge in [0, 0.05) is 19.3 Å². The largest absolute Gasteiger partial charge is 0.481 e. The molecular weight excluding hydrogens is 256 g/mol. The Morgan fingerprint density at radius 1 is 1.50 bits per heavy atom. The van der Waals surface area contributed by atoms with Crippen LogP contribution in [-0.4, -0.2) is 27.6 Å². The number of carboxylic acids is 1. The van der Waals surface area contributed by atoms with E-state index < -0.39 is 11.9 Å². The maximum absolute atomic E-state index is 12.0. The van der Waals surface area contributed by atoms with Crippen LogP contribution >= 0.6 is 11.6 Å². The molecule has 5 nitrogen and oxygen atoms in total. The van der Waals surface area contributed by atoms with Crippen molar-refractivity contribution in [2.24, 2.45) is 13.0 Å². The normalized spacial score (nSPS) is 23.0. The fraction of sp³-hybridized carbons (Fsp3) is 0.500. The number of carbonyl (C=O) groups excluding carboxylic acids is 1. The van der Waals surface area contributed by atoms with Crippen LogP contribution in [0, 0.1) is 5.92 Å². The third-order valence-corrected chi connectivity index (χ3v) is 3.56. The molecule has 18 heavy (non-hydrogen) atoms. The minimum atomic E-state index is -0.845. The Balaban J connectivity index is 2.07. The topological polar surface area (TPSA) is 71.3 Å². The van der Waals surface area contributed by atoms with E-state index in [1.54, 1.807) is 23.9 Å². The van der Waals surface area contributed by atoms with Gasteiger partial charge in [0.05, 0.1) is 10.9 Å². The van der Waals surface area contributed by atoms with Gasteiger partial charge in [-0.05, 0) is 18.9 Å². The van der Waals surface area contributed by atoms with E-state index in [-0.39, 0.29) is 11.9 Å². The summed E-state index contributed by atoms with van der Waals surface area (Å²) in [6.45, 7) is 0. The first-order valence-corrected chi connectivity index (χ1v) is 6.22. The number of aryl methyl sites for hydroxylation is 1. The van der Waals surface area contributed by atoms with Gasteiger partial charge in [0.2, 0.25) is 0 Å². The fourth-order valence-corrected chi connectivity index (χ4v) is 2.67. The second-order valence-electron chi connectivity index (χ2n) is 4.61. The Bertz CT molecular complexity index is 484. The summed E-state index contributed by atoms with van der Waals surface area (Å²) in [7, 11) is 1.73. The minimum Gasteiger partial charge on any atom is -0.481 e. The number of aliphatic carboxylic acids is 1. The number of hydrogen-bond acceptors (Lipinski definition) is 2. The molecule has 0 aliphatic heterocycles. The predicted octanol–water partition coefficient (Wildman–Crippen LogP) is 1.66. The van der Waals surface area contributed by atoms with Gasteiger partial charge in [0.25, 0.3) is 5.91 Å². The summed E-state index contributed by atoms with van der Waals surface area (Å²) in [5.41, 5.74) is 0.441. The van der Waals surface area contributed by atoms with Gasteiger partial charge < -0.3 is 15.0 Å². The summed E-state index contributed by atoms with van der Waals surface area (Å²) in [5, 5.41) is 12.3. The summed E-state index contributed by atoms with van der Waals surface area (Å²) < 4.78 is 1.63. The van der Waals surface area contributed by atoms with Gasteiger partial charge in [-0.1, -0.05) is 18.0 Å². The zero-order chi connectivity index (χ0) is 13.3. The molecule has 0 radical (unpaired) electrons. The lowest BCUT2D eigenvalue weighted by molar-refractivity contribution is -0.142. The molecule has 1 saturated carbocycles. The first kappa shape index (κ1) is 13.0. The summed E-state index contributed by atoms with van der Waals surface area (Å²) in [4.78, 5) is 23.0. The highest BCUT2D eigenvalue weighted by Gasteiger charge is 2.34. The summed E-state index contributed by atoms with van der Waals surface area (Å²) in [6, 6.07) is 1.28. The van der Waals surface area contributed by atoms with Gasteiger partial charge in [-0.2, -0.15) is 0 Å². The summed E-state index contributed by atoms with van der Waals surface area (Å²) in [6.07, 6.45) is 3.80. The van der Waals surface area contributed by atoms with Crippen molar-refractivity contribution in [3.8, 4) is 0 Å². The quantitative estimate of drug-likeness (QED) is 0.877. The lowest BCUT2D eigenvalue weighted by Gasteiger charge is -2.17. The number of amides is 1. The lowest BCUT2D eigenvalue weighted by Crippen LogP contribution is -2.40. The van der Waals surface area contributed by atoms with Gasteiger partial charge in [-0.15, -0.1) is 0 Å². The maximum atomic E-state index is 12.0. The number of rotatable bonds is 3. The van der Waals surface area contributed by atoms with Crippen molar-refractivity contribution < 1.29 is 14.7 Å². The van der Waals surface area contributed by atoms with Crippen LogP contribution in [0.4, 0.5) is 0 Å². The molecule has 1 fully saturated rings. The van der Waals surface area contributed by atoms with Crippen molar-refractivity contribution in [2.45, 2.75) is 25.3 Å². The first-order valence-electron chi connectivity index (χ1n) is 5.84. The third kappa shape index (κ3) is 2.51. The smallest absolute Gasteiger partial charge is 0.308 e. The van der Waals surface area contributed by atoms with Crippen molar-refractivity contribution in [2.75, 3.05) is 0 Å². The second kappa shape index (κ2) is 5.02. The molecule has 1 aromatic heterocycles. The van der Waals surface area contributed by atoms with Crippen molar-refractivity contribution in [3.63, 3.8) is 0 Å². The molecule has 0 spiro atoms. The Morgan fingerprint density at radius 2 is 2.22 bits per heavy atom. The zero-order valence-electron chi connectivity index (χ0n) is 10.0. The number of aromatic nitrogens is 1. The predicted molar refractivity (Wildman–Crippen MR) is 66.7 cm³/mol. The molecule has 1 aromatic rings. The number of halogens is 1. The molecule has 1 heterocycles. The average molecular weight is 271 g/mol. The number of hydrogen-bond donors (Lipinski definition) is 2. The van der Waals surface area contributed by atoms with Crippen LogP contribution in [0.25, 0.3) is 0 Å². The molecule has 1 amide bonds. The number of carbonyl (C=O) groups is 2. The second-order valence-corrected chi connectivity index (χ2v) is 5.05. The van der Waals surface area contributed by atoms with Gasteiger partial charge in [0.1, 0.15) is 5.69 Å². The van der Waals surface area contributed by atoms with Crippen LogP contribution in [0.15, 0.2) is 12.3 Å². The van der Waals surface area contributed by atoms with E-state index in [9.17, 15) is 9.59 Å². The van der Waals surface area contributed by atoms with Crippen LogP contribution < -0.4 is 5.32 Å². The molecule has 0 aromatic carbocycles. The molecule has 1 aliphatic carbocycles. The highest BCUT2D eigenvalue weighted by Crippen LogP contribution is 2.26. The van der Waals surface area contributed by atoms with Crippen molar-refractivity contribution in [1.29, 1.82) is 0 Å². The molecular formula is C12H15ClN2O3. The molecule has 98 valence electrons. The van der Waals surface area contributed by atoms with Crippen LogP contribution in [0.2, 0.25) is 5.02 Å². The monoisotopic (exact) mass is 270 g/mol. The summed E-state index contributed by atoms with van der Waals surface area (Å²) >= 11 is 5.81. The van der Waals surface area contributed by atoms with Gasteiger partial charge in [-0.25, -0.2) is 0 Å². The van der Waals surface area contributed by atoms with E-state index in [0.29, 0.717) is 23.6 Å².